The molecule has 2 N–H and O–H groups in total. The van der Waals surface area contributed by atoms with Gasteiger partial charge in [-0.15, -0.1) is 10.2 Å². The van der Waals surface area contributed by atoms with Crippen LogP contribution in [0, 0.1) is 0 Å². The largest absolute Gasteiger partial charge is 0.453 e. The lowest BCUT2D eigenvalue weighted by atomic mass is 10.00. The molecule has 128 valence electrons. The van der Waals surface area contributed by atoms with Crippen molar-refractivity contribution in [2.24, 2.45) is 0 Å². The summed E-state index contributed by atoms with van der Waals surface area (Å²) >= 11 is 0.840. The quantitative estimate of drug-likeness (QED) is 0.668. The van der Waals surface area contributed by atoms with Crippen LogP contribution in [-0.2, 0) is 23.9 Å². The van der Waals surface area contributed by atoms with Crippen LogP contribution in [0.2, 0.25) is 0 Å². The van der Waals surface area contributed by atoms with Crippen molar-refractivity contribution in [3.63, 3.8) is 0 Å². The number of halogens is 3. The summed E-state index contributed by atoms with van der Waals surface area (Å²) < 4.78 is 38.2. The van der Waals surface area contributed by atoms with E-state index in [0.29, 0.717) is 17.8 Å². The molecule has 2 aromatic rings. The van der Waals surface area contributed by atoms with E-state index >= 15 is 0 Å². The van der Waals surface area contributed by atoms with E-state index in [1.54, 1.807) is 4.90 Å². The van der Waals surface area contributed by atoms with Crippen molar-refractivity contribution >= 4 is 17.7 Å². The summed E-state index contributed by atoms with van der Waals surface area (Å²) in [6, 6.07) is 7.87. The van der Waals surface area contributed by atoms with E-state index in [1.165, 1.54) is 5.56 Å². The molecular weight excluding hydrogens is 343 g/mol. The van der Waals surface area contributed by atoms with Gasteiger partial charge in [0.25, 0.3) is 5.82 Å². The van der Waals surface area contributed by atoms with E-state index in [4.69, 9.17) is 5.84 Å². The Morgan fingerprint density at radius 3 is 2.62 bits per heavy atom. The molecule has 6 nitrogen and oxygen atoms in total. The first kappa shape index (κ1) is 16.6. The molecule has 1 aromatic heterocycles. The maximum atomic E-state index is 12.6. The van der Waals surface area contributed by atoms with E-state index in [0.717, 1.165) is 23.7 Å². The first-order valence-corrected chi connectivity index (χ1v) is 8.10. The molecule has 1 aliphatic heterocycles. The molecule has 1 aliphatic rings. The average Bonchev–Trinajstić information content (AvgIpc) is 2.93. The van der Waals surface area contributed by atoms with E-state index in [2.05, 4.69) is 10.2 Å². The van der Waals surface area contributed by atoms with Gasteiger partial charge < -0.3 is 10.7 Å². The number of carbonyl (C=O) groups is 1. The zero-order valence-electron chi connectivity index (χ0n) is 12.5. The molecule has 0 saturated carbocycles. The number of carbonyl (C=O) groups excluding carboxylic acids is 1. The van der Waals surface area contributed by atoms with Crippen LogP contribution in [0.1, 0.15) is 17.0 Å². The van der Waals surface area contributed by atoms with Crippen LogP contribution in [0.3, 0.4) is 0 Å². The number of hydrogen-bond donors (Lipinski definition) is 1. The third-order valence-corrected chi connectivity index (χ3v) is 4.65. The van der Waals surface area contributed by atoms with Crippen molar-refractivity contribution in [1.82, 2.24) is 19.8 Å². The Kier molecular flexibility index (Phi) is 4.39. The van der Waals surface area contributed by atoms with Crippen molar-refractivity contribution in [3.05, 3.63) is 41.2 Å². The highest BCUT2D eigenvalue weighted by Gasteiger charge is 2.38. The van der Waals surface area contributed by atoms with Gasteiger partial charge in [0.2, 0.25) is 11.1 Å². The Labute approximate surface area is 139 Å². The van der Waals surface area contributed by atoms with Gasteiger partial charge in [-0.3, -0.25) is 4.79 Å². The van der Waals surface area contributed by atoms with E-state index in [-0.39, 0.29) is 16.8 Å². The van der Waals surface area contributed by atoms with Gasteiger partial charge >= 0.3 is 6.18 Å². The van der Waals surface area contributed by atoms with Crippen molar-refractivity contribution < 1.29 is 18.0 Å². The second kappa shape index (κ2) is 6.34. The van der Waals surface area contributed by atoms with Gasteiger partial charge in [-0.05, 0) is 17.5 Å². The van der Waals surface area contributed by atoms with Gasteiger partial charge in [-0.1, -0.05) is 36.0 Å². The van der Waals surface area contributed by atoms with Gasteiger partial charge in [-0.2, -0.15) is 13.2 Å². The minimum atomic E-state index is -4.68. The lowest BCUT2D eigenvalue weighted by molar-refractivity contribution is -0.146. The first-order chi connectivity index (χ1) is 11.4. The zero-order chi connectivity index (χ0) is 17.3. The fourth-order valence-corrected chi connectivity index (χ4v) is 3.25. The van der Waals surface area contributed by atoms with Crippen LogP contribution in [0.4, 0.5) is 13.2 Å². The van der Waals surface area contributed by atoms with Gasteiger partial charge in [0.05, 0.1) is 5.75 Å². The standard InChI is InChI=1S/C14H14F3N5OS/c15-14(16,17)12-19-20-13(22(12)18)24-8-11(23)21-6-5-9-3-1-2-4-10(9)7-21/h1-4H,5-8,18H2. The molecule has 0 spiro atoms. The molecule has 0 atom stereocenters. The topological polar surface area (TPSA) is 77.0 Å². The zero-order valence-corrected chi connectivity index (χ0v) is 13.3. The molecule has 10 heteroatoms. The normalized spacial score (nSPS) is 14.5. The molecule has 0 aliphatic carbocycles. The molecule has 24 heavy (non-hydrogen) atoms. The Morgan fingerprint density at radius 2 is 1.96 bits per heavy atom. The van der Waals surface area contributed by atoms with Crippen LogP contribution < -0.4 is 5.84 Å². The Morgan fingerprint density at radius 1 is 1.25 bits per heavy atom. The highest BCUT2D eigenvalue weighted by Crippen LogP contribution is 2.29. The predicted octanol–water partition coefficient (Wildman–Crippen LogP) is 1.69. The van der Waals surface area contributed by atoms with Crippen LogP contribution in [0.25, 0.3) is 0 Å². The van der Waals surface area contributed by atoms with Crippen molar-refractivity contribution in [2.75, 3.05) is 18.1 Å². The number of nitrogens with zero attached hydrogens (tertiary/aromatic N) is 4. The number of benzene rings is 1. The maximum Gasteiger partial charge on any atom is 0.453 e. The van der Waals surface area contributed by atoms with Crippen molar-refractivity contribution in [3.8, 4) is 0 Å². The number of nitrogens with two attached hydrogens (primary N) is 1. The Bertz CT molecular complexity index is 761. The van der Waals surface area contributed by atoms with Gasteiger partial charge in [0.15, 0.2) is 0 Å². The smallest absolute Gasteiger partial charge is 0.337 e. The number of amides is 1. The number of hydrogen-bond acceptors (Lipinski definition) is 5. The summed E-state index contributed by atoms with van der Waals surface area (Å²) in [6.45, 7) is 1.08. The van der Waals surface area contributed by atoms with Gasteiger partial charge in [0, 0.05) is 13.1 Å². The number of nitrogen functional groups attached to an aromatic ring is 1. The van der Waals surface area contributed by atoms with Crippen molar-refractivity contribution in [1.29, 1.82) is 0 Å². The molecule has 2 heterocycles. The van der Waals surface area contributed by atoms with E-state index in [1.807, 2.05) is 24.3 Å². The Balaban J connectivity index is 1.62. The summed E-state index contributed by atoms with van der Waals surface area (Å²) in [5.74, 6) is 3.83. The Hall–Kier alpha value is -2.23. The number of thioether (sulfide) groups is 1. The van der Waals surface area contributed by atoms with Gasteiger partial charge in [0.1, 0.15) is 0 Å². The fourth-order valence-electron chi connectivity index (χ4n) is 2.49. The second-order valence-corrected chi connectivity index (χ2v) is 6.24. The van der Waals surface area contributed by atoms with E-state index in [9.17, 15) is 18.0 Å². The molecular formula is C14H14F3N5OS. The second-order valence-electron chi connectivity index (χ2n) is 5.30. The van der Waals surface area contributed by atoms with Crippen LogP contribution >= 0.6 is 11.8 Å². The highest BCUT2D eigenvalue weighted by molar-refractivity contribution is 7.99. The summed E-state index contributed by atoms with van der Waals surface area (Å²) in [6.07, 6.45) is -3.92. The summed E-state index contributed by atoms with van der Waals surface area (Å²) in [5.41, 5.74) is 2.30. The fraction of sp³-hybridized carbons (Fsp3) is 0.357. The highest BCUT2D eigenvalue weighted by atomic mass is 32.2. The number of alkyl halides is 3. The van der Waals surface area contributed by atoms with E-state index < -0.39 is 12.0 Å². The maximum absolute atomic E-state index is 12.6. The van der Waals surface area contributed by atoms with Crippen LogP contribution in [0.15, 0.2) is 29.4 Å². The molecule has 0 fully saturated rings. The molecule has 1 amide bonds. The third-order valence-electron chi connectivity index (χ3n) is 3.73. The molecule has 3 rings (SSSR count). The minimum absolute atomic E-state index is 0.0463. The lowest BCUT2D eigenvalue weighted by Crippen LogP contribution is -2.37. The first-order valence-electron chi connectivity index (χ1n) is 7.11. The summed E-state index contributed by atoms with van der Waals surface area (Å²) in [7, 11) is 0. The lowest BCUT2D eigenvalue weighted by Gasteiger charge is -2.28. The number of aromatic nitrogens is 3. The average molecular weight is 357 g/mol. The number of rotatable bonds is 3. The minimum Gasteiger partial charge on any atom is -0.337 e. The monoisotopic (exact) mass is 357 g/mol. The number of fused-ring (bicyclic) bond motifs is 1. The summed E-state index contributed by atoms with van der Waals surface area (Å²) in [4.78, 5) is 14.0. The van der Waals surface area contributed by atoms with Gasteiger partial charge in [-0.25, -0.2) is 4.68 Å². The van der Waals surface area contributed by atoms with Crippen molar-refractivity contribution in [2.45, 2.75) is 24.3 Å². The SMILES string of the molecule is Nn1c(SCC(=O)N2CCc3ccccc3C2)nnc1C(F)(F)F. The molecule has 0 bridgehead atoms. The third kappa shape index (κ3) is 3.32. The van der Waals surface area contributed by atoms with Crippen LogP contribution in [-0.4, -0.2) is 38.0 Å². The van der Waals surface area contributed by atoms with Crippen LogP contribution in [0.5, 0.6) is 0 Å². The molecule has 0 saturated heterocycles. The molecule has 0 radical (unpaired) electrons. The molecule has 1 aromatic carbocycles. The predicted molar refractivity (Wildman–Crippen MR) is 81.5 cm³/mol. The molecule has 0 unspecified atom stereocenters. The summed E-state index contributed by atoms with van der Waals surface area (Å²) in [5, 5.41) is 6.27.